The monoisotopic (exact) mass is 232 g/mol. The van der Waals surface area contributed by atoms with Crippen molar-refractivity contribution in [3.63, 3.8) is 0 Å². The highest BCUT2D eigenvalue weighted by molar-refractivity contribution is 9.09. The van der Waals surface area contributed by atoms with Crippen molar-refractivity contribution in [2.45, 2.75) is 36.2 Å². The molecule has 3 nitrogen and oxygen atoms in total. The summed E-state index contributed by atoms with van der Waals surface area (Å²) >= 11 is 3.59. The van der Waals surface area contributed by atoms with Crippen molar-refractivity contribution in [3.8, 4) is 0 Å². The maximum atomic E-state index is 11.2. The Hall–Kier alpha value is -0.250. The maximum Gasteiger partial charge on any atom is 0.317 e. The molecule has 1 saturated carbocycles. The van der Waals surface area contributed by atoms with Crippen molar-refractivity contribution < 1.29 is 4.79 Å². The number of nitrogens with zero attached hydrogens (tertiary/aromatic N) is 1. The minimum Gasteiger partial charge on any atom is -0.333 e. The van der Waals surface area contributed by atoms with Crippen LogP contribution in [0.1, 0.15) is 19.3 Å². The van der Waals surface area contributed by atoms with E-state index in [9.17, 15) is 4.79 Å². The van der Waals surface area contributed by atoms with Crippen molar-refractivity contribution in [2.24, 2.45) is 0 Å². The number of hydrogen-bond acceptors (Lipinski definition) is 1. The van der Waals surface area contributed by atoms with Crippen LogP contribution in [0.4, 0.5) is 4.79 Å². The first-order valence-electron chi connectivity index (χ1n) is 4.36. The van der Waals surface area contributed by atoms with E-state index in [4.69, 9.17) is 0 Å². The first kappa shape index (κ1) is 8.35. The Balaban J connectivity index is 2.09. The van der Waals surface area contributed by atoms with Crippen molar-refractivity contribution in [1.82, 2.24) is 10.2 Å². The van der Waals surface area contributed by atoms with Gasteiger partial charge in [0.05, 0.1) is 12.1 Å². The Morgan fingerprint density at radius 1 is 1.58 bits per heavy atom. The predicted octanol–water partition coefficient (Wildman–Crippen LogP) is 1.33. The molecule has 3 atom stereocenters. The largest absolute Gasteiger partial charge is 0.333 e. The molecule has 2 aliphatic rings. The number of halogens is 1. The van der Waals surface area contributed by atoms with Gasteiger partial charge in [0.25, 0.3) is 0 Å². The summed E-state index contributed by atoms with van der Waals surface area (Å²) < 4.78 is 0. The van der Waals surface area contributed by atoms with Crippen molar-refractivity contribution in [2.75, 3.05) is 7.05 Å². The van der Waals surface area contributed by atoms with Gasteiger partial charge in [-0.3, -0.25) is 0 Å². The van der Waals surface area contributed by atoms with Gasteiger partial charge in [-0.1, -0.05) is 15.9 Å². The number of nitrogens with one attached hydrogen (secondary N) is 1. The zero-order chi connectivity index (χ0) is 8.72. The van der Waals surface area contributed by atoms with Crippen LogP contribution < -0.4 is 5.32 Å². The molecule has 0 spiro atoms. The summed E-state index contributed by atoms with van der Waals surface area (Å²) in [4.78, 5) is 13.7. The van der Waals surface area contributed by atoms with Crippen LogP contribution in [0.2, 0.25) is 0 Å². The van der Waals surface area contributed by atoms with E-state index in [1.807, 2.05) is 11.9 Å². The standard InChI is InChI=1S/C8H13BrN2O/c1-11-7-3-2-5(9)4-6(7)10-8(11)12/h5-7H,2-4H2,1H3,(H,10,12). The number of carbonyl (C=O) groups is 1. The van der Waals surface area contributed by atoms with Crippen LogP contribution in [0.5, 0.6) is 0 Å². The molecule has 3 unspecified atom stereocenters. The lowest BCUT2D eigenvalue weighted by molar-refractivity contribution is 0.209. The molecule has 1 saturated heterocycles. The maximum absolute atomic E-state index is 11.2. The Bertz CT molecular complexity index is 209. The van der Waals surface area contributed by atoms with Crippen molar-refractivity contribution in [1.29, 1.82) is 0 Å². The number of alkyl halides is 1. The fraction of sp³-hybridized carbons (Fsp3) is 0.875. The smallest absolute Gasteiger partial charge is 0.317 e. The molecule has 68 valence electrons. The summed E-state index contributed by atoms with van der Waals surface area (Å²) in [6, 6.07) is 0.901. The number of amides is 2. The summed E-state index contributed by atoms with van der Waals surface area (Å²) in [7, 11) is 1.88. The normalized spacial score (nSPS) is 41.0. The highest BCUT2D eigenvalue weighted by Gasteiger charge is 2.40. The summed E-state index contributed by atoms with van der Waals surface area (Å²) in [5, 5.41) is 2.99. The third-order valence-electron chi connectivity index (χ3n) is 2.88. The van der Waals surface area contributed by atoms with Crippen LogP contribution in [-0.4, -0.2) is 34.9 Å². The summed E-state index contributed by atoms with van der Waals surface area (Å²) in [5.74, 6) is 0. The fourth-order valence-corrected chi connectivity index (χ4v) is 2.80. The van der Waals surface area contributed by atoms with Gasteiger partial charge in [0.1, 0.15) is 0 Å². The van der Waals surface area contributed by atoms with Crippen LogP contribution in [0.25, 0.3) is 0 Å². The van der Waals surface area contributed by atoms with E-state index in [1.165, 1.54) is 6.42 Å². The molecule has 0 bridgehead atoms. The Morgan fingerprint density at radius 3 is 3.08 bits per heavy atom. The van der Waals surface area contributed by atoms with E-state index >= 15 is 0 Å². The second-order valence-corrected chi connectivity index (χ2v) is 4.94. The highest BCUT2D eigenvalue weighted by Crippen LogP contribution is 2.30. The van der Waals surface area contributed by atoms with E-state index in [-0.39, 0.29) is 6.03 Å². The average Bonchev–Trinajstić information content (AvgIpc) is 2.28. The molecule has 4 heteroatoms. The first-order valence-corrected chi connectivity index (χ1v) is 5.27. The van der Waals surface area contributed by atoms with Gasteiger partial charge in [-0.05, 0) is 19.3 Å². The quantitative estimate of drug-likeness (QED) is 0.629. The summed E-state index contributed by atoms with van der Waals surface area (Å²) in [6.07, 6.45) is 3.37. The van der Waals surface area contributed by atoms with E-state index in [1.54, 1.807) is 0 Å². The lowest BCUT2D eigenvalue weighted by Gasteiger charge is -2.30. The van der Waals surface area contributed by atoms with Gasteiger partial charge in [-0.15, -0.1) is 0 Å². The summed E-state index contributed by atoms with van der Waals surface area (Å²) in [6.45, 7) is 0. The van der Waals surface area contributed by atoms with Gasteiger partial charge in [0.2, 0.25) is 0 Å². The Labute approximate surface area is 80.6 Å². The molecule has 1 aliphatic carbocycles. The number of fused-ring (bicyclic) bond motifs is 1. The molecule has 0 aromatic heterocycles. The second-order valence-electron chi connectivity index (χ2n) is 3.64. The molecule has 2 amide bonds. The Morgan fingerprint density at radius 2 is 2.33 bits per heavy atom. The molecular weight excluding hydrogens is 220 g/mol. The Kier molecular flexibility index (Phi) is 2.02. The van der Waals surface area contributed by atoms with E-state index in [2.05, 4.69) is 21.2 Å². The van der Waals surface area contributed by atoms with Crippen LogP contribution in [-0.2, 0) is 0 Å². The lowest BCUT2D eigenvalue weighted by Crippen LogP contribution is -2.40. The van der Waals surface area contributed by atoms with Gasteiger partial charge in [0.15, 0.2) is 0 Å². The van der Waals surface area contributed by atoms with Crippen LogP contribution in [0, 0.1) is 0 Å². The molecule has 1 heterocycles. The summed E-state index contributed by atoms with van der Waals surface area (Å²) in [5.41, 5.74) is 0. The molecule has 12 heavy (non-hydrogen) atoms. The third kappa shape index (κ3) is 1.22. The van der Waals surface area contributed by atoms with Gasteiger partial charge >= 0.3 is 6.03 Å². The fourth-order valence-electron chi connectivity index (χ4n) is 2.13. The minimum absolute atomic E-state index is 0.0894. The molecule has 0 aromatic rings. The minimum atomic E-state index is 0.0894. The number of rotatable bonds is 0. The molecule has 1 N–H and O–H groups in total. The topological polar surface area (TPSA) is 32.3 Å². The van der Waals surface area contributed by atoms with Gasteiger partial charge in [-0.2, -0.15) is 0 Å². The van der Waals surface area contributed by atoms with Crippen LogP contribution in [0.3, 0.4) is 0 Å². The van der Waals surface area contributed by atoms with Crippen molar-refractivity contribution >= 4 is 22.0 Å². The number of likely N-dealkylation sites (N-methyl/N-ethyl adjacent to an activating group) is 1. The van der Waals surface area contributed by atoms with Crippen LogP contribution in [0.15, 0.2) is 0 Å². The lowest BCUT2D eigenvalue weighted by atomic mass is 9.91. The molecule has 1 aliphatic heterocycles. The van der Waals surface area contributed by atoms with E-state index in [0.717, 1.165) is 12.8 Å². The highest BCUT2D eigenvalue weighted by atomic mass is 79.9. The zero-order valence-corrected chi connectivity index (χ0v) is 8.67. The molecule has 0 aromatic carbocycles. The van der Waals surface area contributed by atoms with E-state index < -0.39 is 0 Å². The number of urea groups is 1. The van der Waals surface area contributed by atoms with Gasteiger partial charge in [-0.25, -0.2) is 4.79 Å². The molecular formula is C8H13BrN2O. The number of carbonyl (C=O) groups excluding carboxylic acids is 1. The zero-order valence-electron chi connectivity index (χ0n) is 7.09. The molecule has 2 fully saturated rings. The SMILES string of the molecule is CN1C(=O)NC2CC(Br)CCC21. The third-order valence-corrected chi connectivity index (χ3v) is 3.71. The average molecular weight is 233 g/mol. The molecule has 2 rings (SSSR count). The first-order chi connectivity index (χ1) is 5.68. The second kappa shape index (κ2) is 2.91. The predicted molar refractivity (Wildman–Crippen MR) is 50.4 cm³/mol. The van der Waals surface area contributed by atoms with Gasteiger partial charge in [0, 0.05) is 11.9 Å². The van der Waals surface area contributed by atoms with Crippen LogP contribution >= 0.6 is 15.9 Å². The van der Waals surface area contributed by atoms with Crippen molar-refractivity contribution in [3.05, 3.63) is 0 Å². The van der Waals surface area contributed by atoms with E-state index in [0.29, 0.717) is 16.9 Å². The number of hydrogen-bond donors (Lipinski definition) is 1. The molecule has 0 radical (unpaired) electrons. The van der Waals surface area contributed by atoms with Gasteiger partial charge < -0.3 is 10.2 Å².